The molecule has 0 atom stereocenters. The highest BCUT2D eigenvalue weighted by Crippen LogP contribution is 2.30. The fourth-order valence-corrected chi connectivity index (χ4v) is 4.38. The summed E-state index contributed by atoms with van der Waals surface area (Å²) in [5.41, 5.74) is 9.89. The number of sulfonamides is 1. The number of carbonyl (C=O) groups is 1. The Labute approximate surface area is 178 Å². The molecule has 0 bridgehead atoms. The molecular weight excluding hydrogens is 400 g/mol. The molecule has 3 rings (SSSR count). The normalized spacial score (nSPS) is 15.8. The molecule has 0 aliphatic carbocycles. The lowest BCUT2D eigenvalue weighted by molar-refractivity contribution is 0.100. The zero-order valence-corrected chi connectivity index (χ0v) is 18.6. The Morgan fingerprint density at radius 1 is 1.07 bits per heavy atom. The molecule has 8 heteroatoms. The van der Waals surface area contributed by atoms with E-state index >= 15 is 0 Å². The first-order valence-corrected chi connectivity index (χ1v) is 12.0. The van der Waals surface area contributed by atoms with Crippen LogP contribution in [0.5, 0.6) is 0 Å². The van der Waals surface area contributed by atoms with E-state index in [9.17, 15) is 13.2 Å². The van der Waals surface area contributed by atoms with Crippen LogP contribution in [-0.2, 0) is 16.6 Å². The van der Waals surface area contributed by atoms with Crippen LogP contribution in [0.3, 0.4) is 0 Å². The number of anilines is 1. The molecule has 30 heavy (non-hydrogen) atoms. The summed E-state index contributed by atoms with van der Waals surface area (Å²) in [4.78, 5) is 16.9. The van der Waals surface area contributed by atoms with Crippen LogP contribution in [0, 0.1) is 6.92 Å². The van der Waals surface area contributed by atoms with Gasteiger partial charge in [0, 0.05) is 38.3 Å². The summed E-state index contributed by atoms with van der Waals surface area (Å²) in [7, 11) is -3.41. The van der Waals surface area contributed by atoms with E-state index < -0.39 is 15.9 Å². The summed E-state index contributed by atoms with van der Waals surface area (Å²) in [6.45, 7) is 10.0. The molecule has 2 aromatic carbocycles. The Bertz CT molecular complexity index is 1030. The molecule has 1 aliphatic rings. The Morgan fingerprint density at radius 2 is 1.73 bits per heavy atom. The SMILES string of the molecule is CCN1CCN(Cc2ccc(C(N)=O)c(-c3ccc(C)c(NS(C)(=O)=O)c3)c2)CC1. The Kier molecular flexibility index (Phi) is 6.80. The number of likely N-dealkylation sites (N-methyl/N-ethyl adjacent to an activating group) is 1. The van der Waals surface area contributed by atoms with E-state index in [1.807, 2.05) is 31.2 Å². The van der Waals surface area contributed by atoms with E-state index in [0.29, 0.717) is 16.8 Å². The van der Waals surface area contributed by atoms with Gasteiger partial charge in [0.1, 0.15) is 0 Å². The van der Waals surface area contributed by atoms with Crippen LogP contribution >= 0.6 is 0 Å². The van der Waals surface area contributed by atoms with E-state index in [-0.39, 0.29) is 0 Å². The van der Waals surface area contributed by atoms with Crippen LogP contribution in [0.4, 0.5) is 5.69 Å². The molecule has 1 aliphatic heterocycles. The fraction of sp³-hybridized carbons (Fsp3) is 0.409. The largest absolute Gasteiger partial charge is 0.366 e. The molecule has 7 nitrogen and oxygen atoms in total. The molecule has 0 saturated carbocycles. The van der Waals surface area contributed by atoms with E-state index in [1.54, 1.807) is 12.1 Å². The van der Waals surface area contributed by atoms with Crippen molar-refractivity contribution in [2.24, 2.45) is 5.73 Å². The maximum Gasteiger partial charge on any atom is 0.249 e. The monoisotopic (exact) mass is 430 g/mol. The number of piperazine rings is 1. The molecule has 1 amide bonds. The van der Waals surface area contributed by atoms with Gasteiger partial charge in [-0.2, -0.15) is 0 Å². The number of benzene rings is 2. The predicted octanol–water partition coefficient (Wildman–Crippen LogP) is 2.27. The van der Waals surface area contributed by atoms with Crippen LogP contribution in [0.1, 0.15) is 28.4 Å². The van der Waals surface area contributed by atoms with E-state index in [2.05, 4.69) is 21.4 Å². The average molecular weight is 431 g/mol. The minimum Gasteiger partial charge on any atom is -0.366 e. The fourth-order valence-electron chi connectivity index (χ4n) is 3.76. The van der Waals surface area contributed by atoms with Gasteiger partial charge in [0.05, 0.1) is 11.9 Å². The number of aryl methyl sites for hydroxylation is 1. The Morgan fingerprint density at radius 3 is 2.33 bits per heavy atom. The molecule has 1 fully saturated rings. The van der Waals surface area contributed by atoms with Crippen molar-refractivity contribution >= 4 is 21.6 Å². The number of primary amides is 1. The third-order valence-corrected chi connectivity index (χ3v) is 6.10. The van der Waals surface area contributed by atoms with Gasteiger partial charge in [0.2, 0.25) is 15.9 Å². The van der Waals surface area contributed by atoms with E-state index in [1.165, 1.54) is 0 Å². The molecule has 1 saturated heterocycles. The summed E-state index contributed by atoms with van der Waals surface area (Å²) >= 11 is 0. The third-order valence-electron chi connectivity index (χ3n) is 5.51. The lowest BCUT2D eigenvalue weighted by Gasteiger charge is -2.34. The lowest BCUT2D eigenvalue weighted by atomic mass is 9.95. The molecule has 0 spiro atoms. The van der Waals surface area contributed by atoms with Gasteiger partial charge in [-0.25, -0.2) is 8.42 Å². The third kappa shape index (κ3) is 5.59. The van der Waals surface area contributed by atoms with E-state index in [4.69, 9.17) is 5.73 Å². The second-order valence-corrected chi connectivity index (χ2v) is 9.61. The zero-order chi connectivity index (χ0) is 21.9. The zero-order valence-electron chi connectivity index (χ0n) is 17.8. The van der Waals surface area contributed by atoms with Crippen molar-refractivity contribution in [2.75, 3.05) is 43.7 Å². The highest BCUT2D eigenvalue weighted by Gasteiger charge is 2.18. The summed E-state index contributed by atoms with van der Waals surface area (Å²) in [6.07, 6.45) is 1.12. The Hall–Kier alpha value is -2.42. The second kappa shape index (κ2) is 9.16. The minimum absolute atomic E-state index is 0.420. The first kappa shape index (κ1) is 22.3. The minimum atomic E-state index is -3.41. The predicted molar refractivity (Wildman–Crippen MR) is 121 cm³/mol. The molecule has 162 valence electrons. The standard InChI is InChI=1S/C22H30N4O3S/c1-4-25-9-11-26(12-10-25)15-17-6-8-19(22(23)27)20(13-17)18-7-5-16(2)21(14-18)24-30(3,28)29/h5-8,13-14,24H,4,9-12,15H2,1-3H3,(H2,23,27). The number of nitrogens with two attached hydrogens (primary N) is 1. The first-order chi connectivity index (χ1) is 14.2. The average Bonchev–Trinajstić information content (AvgIpc) is 2.69. The van der Waals surface area contributed by atoms with Crippen molar-refractivity contribution in [1.29, 1.82) is 0 Å². The number of nitrogens with one attached hydrogen (secondary N) is 1. The van der Waals surface area contributed by atoms with Crippen molar-refractivity contribution < 1.29 is 13.2 Å². The highest BCUT2D eigenvalue weighted by atomic mass is 32.2. The summed E-state index contributed by atoms with van der Waals surface area (Å²) in [5, 5.41) is 0. The molecule has 1 heterocycles. The molecular formula is C22H30N4O3S. The van der Waals surface area contributed by atoms with Crippen molar-refractivity contribution in [2.45, 2.75) is 20.4 Å². The van der Waals surface area contributed by atoms with Gasteiger partial charge in [-0.15, -0.1) is 0 Å². The van der Waals surface area contributed by atoms with E-state index in [0.717, 1.165) is 62.2 Å². The molecule has 0 radical (unpaired) electrons. The number of hydrogen-bond donors (Lipinski definition) is 2. The molecule has 2 aromatic rings. The van der Waals surface area contributed by atoms with Gasteiger partial charge in [-0.05, 0) is 53.9 Å². The number of hydrogen-bond acceptors (Lipinski definition) is 5. The van der Waals surface area contributed by atoms with Crippen LogP contribution < -0.4 is 10.5 Å². The number of rotatable bonds is 7. The van der Waals surface area contributed by atoms with Gasteiger partial charge in [-0.1, -0.05) is 25.1 Å². The van der Waals surface area contributed by atoms with Crippen LogP contribution in [0.15, 0.2) is 36.4 Å². The first-order valence-electron chi connectivity index (χ1n) is 10.1. The summed E-state index contributed by atoms with van der Waals surface area (Å²) in [5.74, 6) is -0.508. The van der Waals surface area contributed by atoms with Gasteiger partial charge in [-0.3, -0.25) is 14.4 Å². The quantitative estimate of drug-likeness (QED) is 0.703. The Balaban J connectivity index is 1.92. The van der Waals surface area contributed by atoms with Crippen LogP contribution in [-0.4, -0.2) is 63.1 Å². The number of carbonyl (C=O) groups excluding carboxylic acids is 1. The lowest BCUT2D eigenvalue weighted by Crippen LogP contribution is -2.45. The van der Waals surface area contributed by atoms with Gasteiger partial charge in [0.15, 0.2) is 0 Å². The van der Waals surface area contributed by atoms with Gasteiger partial charge >= 0.3 is 0 Å². The van der Waals surface area contributed by atoms with Gasteiger partial charge in [0.25, 0.3) is 0 Å². The number of amides is 1. The summed E-state index contributed by atoms with van der Waals surface area (Å²) in [6, 6.07) is 11.2. The topological polar surface area (TPSA) is 95.7 Å². The van der Waals surface area contributed by atoms with Crippen molar-refractivity contribution in [3.63, 3.8) is 0 Å². The van der Waals surface area contributed by atoms with Gasteiger partial charge < -0.3 is 10.6 Å². The maximum absolute atomic E-state index is 12.0. The molecule has 0 unspecified atom stereocenters. The molecule has 3 N–H and O–H groups in total. The van der Waals surface area contributed by atoms with Crippen molar-refractivity contribution in [3.8, 4) is 11.1 Å². The second-order valence-electron chi connectivity index (χ2n) is 7.86. The molecule has 0 aromatic heterocycles. The highest BCUT2D eigenvalue weighted by molar-refractivity contribution is 7.92. The summed E-state index contributed by atoms with van der Waals surface area (Å²) < 4.78 is 25.9. The maximum atomic E-state index is 12.0. The van der Waals surface area contributed by atoms with Crippen LogP contribution in [0.2, 0.25) is 0 Å². The van der Waals surface area contributed by atoms with Crippen LogP contribution in [0.25, 0.3) is 11.1 Å². The number of nitrogens with zero attached hydrogens (tertiary/aromatic N) is 2. The van der Waals surface area contributed by atoms with Crippen molar-refractivity contribution in [3.05, 3.63) is 53.1 Å². The smallest absolute Gasteiger partial charge is 0.249 e. The van der Waals surface area contributed by atoms with Crippen molar-refractivity contribution in [1.82, 2.24) is 9.80 Å².